The molecule has 7 nitrogen and oxygen atoms in total. The van der Waals surface area contributed by atoms with Gasteiger partial charge in [-0.05, 0) is 50.2 Å². The van der Waals surface area contributed by atoms with Gasteiger partial charge in [-0.2, -0.15) is 5.10 Å². The van der Waals surface area contributed by atoms with Crippen LogP contribution in [0.15, 0.2) is 67.1 Å². The highest BCUT2D eigenvalue weighted by molar-refractivity contribution is 5.97. The average Bonchev–Trinajstić information content (AvgIpc) is 3.43. The van der Waals surface area contributed by atoms with Gasteiger partial charge in [0.05, 0.1) is 23.1 Å². The smallest absolute Gasteiger partial charge is 0.154 e. The van der Waals surface area contributed by atoms with Gasteiger partial charge in [0, 0.05) is 40.6 Å². The Kier molecular flexibility index (Phi) is 4.37. The fourth-order valence-corrected chi connectivity index (χ4v) is 3.58. The number of nitrogens with two attached hydrogens (primary N) is 1. The number of aromatic nitrogens is 6. The van der Waals surface area contributed by atoms with Gasteiger partial charge in [-0.15, -0.1) is 0 Å². The average molecular weight is 395 g/mol. The van der Waals surface area contributed by atoms with Crippen LogP contribution in [0.4, 0.5) is 0 Å². The van der Waals surface area contributed by atoms with E-state index in [4.69, 9.17) is 10.7 Å². The maximum absolute atomic E-state index is 6.06. The number of hydrogen-bond donors (Lipinski definition) is 2. The molecule has 4 heterocycles. The van der Waals surface area contributed by atoms with E-state index in [1.54, 1.807) is 6.20 Å². The van der Waals surface area contributed by atoms with E-state index in [9.17, 15) is 0 Å². The summed E-state index contributed by atoms with van der Waals surface area (Å²) in [5.74, 6) is 1.55. The molecule has 5 rings (SSSR count). The SMILES string of the molecule is Cc1cccc(-n2ncc3c(-c4ncc[nH]4)cc(-c4cccc(C(C)N)n4)cc32)n1. The summed E-state index contributed by atoms with van der Waals surface area (Å²) < 4.78 is 1.85. The van der Waals surface area contributed by atoms with Crippen LogP contribution < -0.4 is 5.73 Å². The quantitative estimate of drug-likeness (QED) is 0.475. The summed E-state index contributed by atoms with van der Waals surface area (Å²) in [5.41, 5.74) is 11.5. The molecule has 0 radical (unpaired) electrons. The van der Waals surface area contributed by atoms with Crippen molar-refractivity contribution in [2.75, 3.05) is 0 Å². The molecule has 0 aliphatic carbocycles. The number of nitrogens with zero attached hydrogens (tertiary/aromatic N) is 5. The first kappa shape index (κ1) is 18.2. The second-order valence-electron chi connectivity index (χ2n) is 7.32. The van der Waals surface area contributed by atoms with Gasteiger partial charge >= 0.3 is 0 Å². The fourth-order valence-electron chi connectivity index (χ4n) is 3.58. The third-order valence-corrected chi connectivity index (χ3v) is 5.07. The molecule has 1 atom stereocenters. The summed E-state index contributed by atoms with van der Waals surface area (Å²) in [6.07, 6.45) is 5.41. The van der Waals surface area contributed by atoms with Crippen molar-refractivity contribution < 1.29 is 0 Å². The van der Waals surface area contributed by atoms with E-state index in [1.165, 1.54) is 0 Å². The molecule has 30 heavy (non-hydrogen) atoms. The molecule has 0 saturated carbocycles. The summed E-state index contributed by atoms with van der Waals surface area (Å²) in [7, 11) is 0. The van der Waals surface area contributed by atoms with Gasteiger partial charge < -0.3 is 10.7 Å². The Balaban J connectivity index is 1.78. The number of nitrogens with one attached hydrogen (secondary N) is 1. The summed E-state index contributed by atoms with van der Waals surface area (Å²) in [5, 5.41) is 5.62. The predicted octanol–water partition coefficient (Wildman–Crippen LogP) is 4.20. The first-order valence-corrected chi connectivity index (χ1v) is 9.78. The van der Waals surface area contributed by atoms with E-state index in [0.717, 1.165) is 50.8 Å². The van der Waals surface area contributed by atoms with Gasteiger partial charge in [0.2, 0.25) is 0 Å². The summed E-state index contributed by atoms with van der Waals surface area (Å²) in [4.78, 5) is 17.1. The monoisotopic (exact) mass is 395 g/mol. The van der Waals surface area contributed by atoms with Crippen LogP contribution in [0.3, 0.4) is 0 Å². The van der Waals surface area contributed by atoms with E-state index < -0.39 is 0 Å². The van der Waals surface area contributed by atoms with Crippen LogP contribution in [0.5, 0.6) is 0 Å². The van der Waals surface area contributed by atoms with Crippen molar-refractivity contribution in [3.8, 4) is 28.5 Å². The molecular formula is C23H21N7. The Morgan fingerprint density at radius 3 is 2.70 bits per heavy atom. The number of benzene rings is 1. The Hall–Kier alpha value is -3.84. The van der Waals surface area contributed by atoms with Crippen LogP contribution in [0, 0.1) is 6.92 Å². The van der Waals surface area contributed by atoms with Gasteiger partial charge in [0.1, 0.15) is 5.82 Å². The zero-order chi connectivity index (χ0) is 20.7. The maximum Gasteiger partial charge on any atom is 0.154 e. The van der Waals surface area contributed by atoms with Crippen molar-refractivity contribution in [2.24, 2.45) is 5.73 Å². The largest absolute Gasteiger partial charge is 0.345 e. The highest BCUT2D eigenvalue weighted by Gasteiger charge is 2.16. The minimum absolute atomic E-state index is 0.139. The molecule has 7 heteroatoms. The lowest BCUT2D eigenvalue weighted by molar-refractivity contribution is 0.782. The molecule has 0 amide bonds. The minimum atomic E-state index is -0.139. The number of fused-ring (bicyclic) bond motifs is 1. The van der Waals surface area contributed by atoms with Crippen LogP contribution in [-0.2, 0) is 0 Å². The standard InChI is InChI=1S/C23H21N7/c1-14-5-3-8-22(28-14)30-21-12-16(20-7-4-6-19(29-20)15(2)24)11-17(18(21)13-27-30)23-25-9-10-26-23/h3-13,15H,24H2,1-2H3,(H,25,26). The highest BCUT2D eigenvalue weighted by atomic mass is 15.3. The molecule has 1 unspecified atom stereocenters. The van der Waals surface area contributed by atoms with Crippen LogP contribution >= 0.6 is 0 Å². The lowest BCUT2D eigenvalue weighted by Crippen LogP contribution is -2.07. The van der Waals surface area contributed by atoms with Crippen molar-refractivity contribution in [1.82, 2.24) is 29.7 Å². The molecule has 0 aliphatic rings. The number of pyridine rings is 2. The summed E-state index contributed by atoms with van der Waals surface area (Å²) in [6.45, 7) is 3.90. The van der Waals surface area contributed by atoms with E-state index in [1.807, 2.05) is 67.3 Å². The molecule has 0 bridgehead atoms. The zero-order valence-electron chi connectivity index (χ0n) is 16.7. The number of hydrogen-bond acceptors (Lipinski definition) is 5. The van der Waals surface area contributed by atoms with E-state index in [2.05, 4.69) is 32.2 Å². The summed E-state index contributed by atoms with van der Waals surface area (Å²) >= 11 is 0. The molecule has 5 aromatic rings. The molecule has 0 spiro atoms. The molecule has 3 N–H and O–H groups in total. The maximum atomic E-state index is 6.06. The van der Waals surface area contributed by atoms with E-state index in [-0.39, 0.29) is 6.04 Å². The topological polar surface area (TPSA) is 98.3 Å². The van der Waals surface area contributed by atoms with Crippen molar-refractivity contribution in [3.05, 3.63) is 78.5 Å². The minimum Gasteiger partial charge on any atom is -0.345 e. The Bertz CT molecular complexity index is 1330. The first-order chi connectivity index (χ1) is 14.6. The van der Waals surface area contributed by atoms with Crippen LogP contribution in [0.1, 0.15) is 24.4 Å². The molecule has 1 aromatic carbocycles. The molecular weight excluding hydrogens is 374 g/mol. The summed E-state index contributed by atoms with van der Waals surface area (Å²) in [6, 6.07) is 15.9. The Morgan fingerprint density at radius 2 is 1.93 bits per heavy atom. The first-order valence-electron chi connectivity index (χ1n) is 9.78. The third-order valence-electron chi connectivity index (χ3n) is 5.07. The lowest BCUT2D eigenvalue weighted by atomic mass is 10.0. The number of rotatable bonds is 4. The van der Waals surface area contributed by atoms with Gasteiger partial charge in [-0.25, -0.2) is 14.6 Å². The molecule has 0 aliphatic heterocycles. The van der Waals surface area contributed by atoms with Gasteiger partial charge in [0.15, 0.2) is 5.82 Å². The van der Waals surface area contributed by atoms with Crippen LogP contribution in [-0.4, -0.2) is 29.7 Å². The lowest BCUT2D eigenvalue weighted by Gasteiger charge is -2.10. The van der Waals surface area contributed by atoms with Crippen LogP contribution in [0.25, 0.3) is 39.4 Å². The Labute approximate surface area is 173 Å². The predicted molar refractivity (Wildman–Crippen MR) is 117 cm³/mol. The van der Waals surface area contributed by atoms with E-state index >= 15 is 0 Å². The molecule has 4 aromatic heterocycles. The molecule has 0 fully saturated rings. The van der Waals surface area contributed by atoms with Crippen molar-refractivity contribution in [2.45, 2.75) is 19.9 Å². The highest BCUT2D eigenvalue weighted by Crippen LogP contribution is 2.33. The molecule has 148 valence electrons. The zero-order valence-corrected chi connectivity index (χ0v) is 16.7. The Morgan fingerprint density at radius 1 is 1.07 bits per heavy atom. The second-order valence-corrected chi connectivity index (χ2v) is 7.32. The normalized spacial score (nSPS) is 12.4. The van der Waals surface area contributed by atoms with Crippen LogP contribution in [0.2, 0.25) is 0 Å². The number of H-pyrrole nitrogens is 1. The third kappa shape index (κ3) is 3.15. The second kappa shape index (κ2) is 7.20. The number of imidazole rings is 1. The molecule has 0 saturated heterocycles. The number of aromatic amines is 1. The number of aryl methyl sites for hydroxylation is 1. The van der Waals surface area contributed by atoms with Crippen molar-refractivity contribution >= 4 is 10.9 Å². The fraction of sp³-hybridized carbons (Fsp3) is 0.130. The van der Waals surface area contributed by atoms with Gasteiger partial charge in [-0.3, -0.25) is 4.98 Å². The van der Waals surface area contributed by atoms with Crippen molar-refractivity contribution in [3.63, 3.8) is 0 Å². The van der Waals surface area contributed by atoms with Gasteiger partial charge in [-0.1, -0.05) is 12.1 Å². The van der Waals surface area contributed by atoms with Crippen molar-refractivity contribution in [1.29, 1.82) is 0 Å². The van der Waals surface area contributed by atoms with Gasteiger partial charge in [0.25, 0.3) is 0 Å². The van der Waals surface area contributed by atoms with E-state index in [0.29, 0.717) is 0 Å².